The van der Waals surface area contributed by atoms with Crippen molar-refractivity contribution in [1.29, 1.82) is 0 Å². The fraction of sp³-hybridized carbons (Fsp3) is 0.208. The van der Waals surface area contributed by atoms with Gasteiger partial charge in [-0.05, 0) is 54.1 Å². The first-order chi connectivity index (χ1) is 15.0. The molecule has 1 unspecified atom stereocenters. The molecule has 7 heteroatoms. The summed E-state index contributed by atoms with van der Waals surface area (Å²) in [4.78, 5) is 18.7. The fourth-order valence-electron chi connectivity index (χ4n) is 3.26. The summed E-state index contributed by atoms with van der Waals surface area (Å²) in [6.07, 6.45) is -0.657. The summed E-state index contributed by atoms with van der Waals surface area (Å²) in [5, 5.41) is 6.18. The first kappa shape index (κ1) is 20.4. The number of amides is 1. The molecule has 158 valence electrons. The van der Waals surface area contributed by atoms with Crippen molar-refractivity contribution in [2.45, 2.75) is 19.6 Å². The van der Waals surface area contributed by atoms with Crippen LogP contribution in [0.25, 0.3) is 22.2 Å². The van der Waals surface area contributed by atoms with Crippen LogP contribution in [-0.2, 0) is 11.3 Å². The molecule has 0 saturated heterocycles. The van der Waals surface area contributed by atoms with Crippen molar-refractivity contribution >= 4 is 16.7 Å². The van der Waals surface area contributed by atoms with Crippen LogP contribution in [0.15, 0.2) is 71.3 Å². The molecule has 3 aromatic carbocycles. The number of carbonyl (C=O) groups is 1. The molecule has 0 bridgehead atoms. The van der Waals surface area contributed by atoms with Gasteiger partial charge < -0.3 is 18.9 Å². The highest BCUT2D eigenvalue weighted by Gasteiger charge is 2.21. The number of hydrogen-bond donors (Lipinski definition) is 0. The number of fused-ring (bicyclic) bond motifs is 1. The molecule has 31 heavy (non-hydrogen) atoms. The van der Waals surface area contributed by atoms with Gasteiger partial charge in [0.15, 0.2) is 6.10 Å². The number of nitrogens with zero attached hydrogens (tertiary/aromatic N) is 3. The number of likely N-dealkylation sites (N-methyl/N-ethyl adjacent to an activating group) is 1. The molecule has 0 saturated carbocycles. The number of ether oxygens (including phenoxy) is 2. The van der Waals surface area contributed by atoms with Crippen LogP contribution in [0.2, 0.25) is 0 Å². The van der Waals surface area contributed by atoms with Crippen LogP contribution in [0.5, 0.6) is 11.5 Å². The van der Waals surface area contributed by atoms with Crippen LogP contribution < -0.4 is 9.47 Å². The largest absolute Gasteiger partial charge is 0.497 e. The number of carbonyl (C=O) groups excluding carboxylic acids is 1. The van der Waals surface area contributed by atoms with E-state index in [1.165, 1.54) is 4.90 Å². The van der Waals surface area contributed by atoms with Gasteiger partial charge >= 0.3 is 0 Å². The molecule has 0 radical (unpaired) electrons. The lowest BCUT2D eigenvalue weighted by atomic mass is 10.1. The molecule has 7 nitrogen and oxygen atoms in total. The van der Waals surface area contributed by atoms with Gasteiger partial charge in [-0.15, -0.1) is 0 Å². The molecule has 0 aliphatic carbocycles. The maximum absolute atomic E-state index is 12.8. The van der Waals surface area contributed by atoms with E-state index in [0.717, 1.165) is 22.1 Å². The van der Waals surface area contributed by atoms with E-state index in [-0.39, 0.29) is 12.5 Å². The predicted molar refractivity (Wildman–Crippen MR) is 117 cm³/mol. The highest BCUT2D eigenvalue weighted by Crippen LogP contribution is 2.22. The maximum Gasteiger partial charge on any atom is 0.263 e. The molecule has 0 fully saturated rings. The topological polar surface area (TPSA) is 77.7 Å². The lowest BCUT2D eigenvalue weighted by Crippen LogP contribution is -2.37. The zero-order chi connectivity index (χ0) is 21.8. The molecular formula is C24H23N3O4. The minimum absolute atomic E-state index is 0.183. The number of rotatable bonds is 7. The molecule has 0 N–H and O–H groups in total. The highest BCUT2D eigenvalue weighted by molar-refractivity contribution is 5.84. The smallest absolute Gasteiger partial charge is 0.263 e. The van der Waals surface area contributed by atoms with E-state index in [1.54, 1.807) is 21.1 Å². The van der Waals surface area contributed by atoms with Gasteiger partial charge in [0.2, 0.25) is 11.7 Å². The van der Waals surface area contributed by atoms with Crippen LogP contribution in [0.4, 0.5) is 0 Å². The molecule has 0 aliphatic heterocycles. The van der Waals surface area contributed by atoms with Crippen LogP contribution in [0, 0.1) is 0 Å². The standard InChI is InChI=1S/C24H23N3O4/c1-16(30-21-13-8-17-6-4-5-7-19(17)14-21)24(28)27(2)15-22-25-23(26-31-22)18-9-11-20(29-3)12-10-18/h4-14,16H,15H2,1-3H3. The third-order valence-corrected chi connectivity index (χ3v) is 4.95. The Labute approximate surface area is 180 Å². The highest BCUT2D eigenvalue weighted by atomic mass is 16.5. The fourth-order valence-corrected chi connectivity index (χ4v) is 3.26. The Bertz CT molecular complexity index is 1190. The maximum atomic E-state index is 12.8. The monoisotopic (exact) mass is 417 g/mol. The van der Waals surface area contributed by atoms with Crippen molar-refractivity contribution in [2.75, 3.05) is 14.2 Å². The summed E-state index contributed by atoms with van der Waals surface area (Å²) in [5.41, 5.74) is 0.804. The van der Waals surface area contributed by atoms with E-state index in [1.807, 2.05) is 66.7 Å². The molecule has 1 amide bonds. The summed E-state index contributed by atoms with van der Waals surface area (Å²) in [6, 6.07) is 21.1. The Hall–Kier alpha value is -3.87. The molecule has 1 heterocycles. The zero-order valence-electron chi connectivity index (χ0n) is 17.6. The van der Waals surface area contributed by atoms with Crippen molar-refractivity contribution in [2.24, 2.45) is 0 Å². The van der Waals surface area contributed by atoms with E-state index in [0.29, 0.717) is 17.5 Å². The van der Waals surface area contributed by atoms with Crippen LogP contribution >= 0.6 is 0 Å². The number of aromatic nitrogens is 2. The molecular weight excluding hydrogens is 394 g/mol. The van der Waals surface area contributed by atoms with Gasteiger partial charge in [0.1, 0.15) is 11.5 Å². The van der Waals surface area contributed by atoms with Crippen molar-refractivity contribution in [3.05, 3.63) is 72.6 Å². The zero-order valence-corrected chi connectivity index (χ0v) is 17.6. The lowest BCUT2D eigenvalue weighted by Gasteiger charge is -2.21. The van der Waals surface area contributed by atoms with E-state index >= 15 is 0 Å². The Morgan fingerprint density at radius 2 is 1.74 bits per heavy atom. The second kappa shape index (κ2) is 8.87. The minimum atomic E-state index is -0.657. The number of hydrogen-bond acceptors (Lipinski definition) is 6. The van der Waals surface area contributed by atoms with Crippen molar-refractivity contribution in [1.82, 2.24) is 15.0 Å². The number of benzene rings is 3. The summed E-state index contributed by atoms with van der Waals surface area (Å²) in [6.45, 7) is 1.91. The molecule has 4 rings (SSSR count). The molecule has 4 aromatic rings. The molecule has 1 aromatic heterocycles. The van der Waals surface area contributed by atoms with Crippen molar-refractivity contribution in [3.8, 4) is 22.9 Å². The molecule has 0 aliphatic rings. The minimum Gasteiger partial charge on any atom is -0.497 e. The van der Waals surface area contributed by atoms with Gasteiger partial charge in [-0.3, -0.25) is 4.79 Å². The quantitative estimate of drug-likeness (QED) is 0.446. The lowest BCUT2D eigenvalue weighted by molar-refractivity contribution is -0.137. The second-order valence-electron chi connectivity index (χ2n) is 7.20. The summed E-state index contributed by atoms with van der Waals surface area (Å²) >= 11 is 0. The van der Waals surface area contributed by atoms with E-state index in [4.69, 9.17) is 14.0 Å². The Morgan fingerprint density at radius 1 is 1.03 bits per heavy atom. The Kier molecular flexibility index (Phi) is 5.84. The average Bonchev–Trinajstić information content (AvgIpc) is 3.26. The molecule has 1 atom stereocenters. The normalized spacial score (nSPS) is 11.8. The van der Waals surface area contributed by atoms with E-state index in [9.17, 15) is 4.79 Å². The van der Waals surface area contributed by atoms with Gasteiger partial charge in [0.05, 0.1) is 13.7 Å². The molecule has 0 spiro atoms. The van der Waals surface area contributed by atoms with Crippen LogP contribution in [-0.4, -0.2) is 41.2 Å². The third-order valence-electron chi connectivity index (χ3n) is 4.95. The Morgan fingerprint density at radius 3 is 2.48 bits per heavy atom. The predicted octanol–water partition coefficient (Wildman–Crippen LogP) is 4.32. The van der Waals surface area contributed by atoms with E-state index in [2.05, 4.69) is 10.1 Å². The third kappa shape index (κ3) is 4.66. The Balaban J connectivity index is 1.38. The summed E-state index contributed by atoms with van der Waals surface area (Å²) in [5.74, 6) is 2.02. The van der Waals surface area contributed by atoms with Crippen molar-refractivity contribution in [3.63, 3.8) is 0 Å². The summed E-state index contributed by atoms with van der Waals surface area (Å²) in [7, 11) is 3.29. The first-order valence-corrected chi connectivity index (χ1v) is 9.91. The summed E-state index contributed by atoms with van der Waals surface area (Å²) < 4.78 is 16.3. The van der Waals surface area contributed by atoms with Gasteiger partial charge in [0.25, 0.3) is 5.91 Å². The van der Waals surface area contributed by atoms with Crippen molar-refractivity contribution < 1.29 is 18.8 Å². The average molecular weight is 417 g/mol. The SMILES string of the molecule is COc1ccc(-c2noc(CN(C)C(=O)C(C)Oc3ccc4ccccc4c3)n2)cc1. The van der Waals surface area contributed by atoms with E-state index < -0.39 is 6.10 Å². The first-order valence-electron chi connectivity index (χ1n) is 9.91. The van der Waals surface area contributed by atoms with Gasteiger partial charge in [-0.25, -0.2) is 0 Å². The van der Waals surface area contributed by atoms with Crippen LogP contribution in [0.3, 0.4) is 0 Å². The van der Waals surface area contributed by atoms with Gasteiger partial charge in [-0.2, -0.15) is 4.98 Å². The van der Waals surface area contributed by atoms with Gasteiger partial charge in [0, 0.05) is 12.6 Å². The number of methoxy groups -OCH3 is 1. The van der Waals surface area contributed by atoms with Crippen LogP contribution in [0.1, 0.15) is 12.8 Å². The van der Waals surface area contributed by atoms with Gasteiger partial charge in [-0.1, -0.05) is 35.5 Å². The second-order valence-corrected chi connectivity index (χ2v) is 7.20.